The summed E-state index contributed by atoms with van der Waals surface area (Å²) in [6, 6.07) is 0. The molecule has 0 aromatic rings. The third-order valence-electron chi connectivity index (χ3n) is 3.37. The van der Waals surface area contributed by atoms with Crippen LogP contribution in [0.15, 0.2) is 33.5 Å². The van der Waals surface area contributed by atoms with Crippen molar-refractivity contribution in [2.75, 3.05) is 6.73 Å². The quantitative estimate of drug-likeness (QED) is 0.520. The predicted octanol–water partition coefficient (Wildman–Crippen LogP) is -0.297. The number of guanidine groups is 2. The minimum absolute atomic E-state index is 0.180. The Hall–Kier alpha value is -2.02. The van der Waals surface area contributed by atoms with Crippen molar-refractivity contribution in [1.82, 2.24) is 16.0 Å². The van der Waals surface area contributed by atoms with Gasteiger partial charge in [0.15, 0.2) is 5.96 Å². The van der Waals surface area contributed by atoms with Crippen molar-refractivity contribution in [3.8, 4) is 0 Å². The van der Waals surface area contributed by atoms with E-state index in [9.17, 15) is 0 Å². The Morgan fingerprint density at radius 3 is 3.16 bits per heavy atom. The molecule has 1 saturated heterocycles. The second kappa shape index (κ2) is 4.27. The summed E-state index contributed by atoms with van der Waals surface area (Å²) in [4.78, 5) is 8.44. The number of ether oxygens (including phenoxy) is 1. The minimum atomic E-state index is -0.280. The third kappa shape index (κ3) is 2.17. The van der Waals surface area contributed by atoms with Crippen LogP contribution in [0.4, 0.5) is 0 Å². The molecule has 2 atom stereocenters. The summed E-state index contributed by atoms with van der Waals surface area (Å²) in [5.74, 6) is 0.971. The van der Waals surface area contributed by atoms with Crippen LogP contribution in [0.1, 0.15) is 20.3 Å². The SMILES string of the molecule is CC1N=C(N)NC(NC2=C3NCOC3(C)CC=C2)=N1. The maximum Gasteiger partial charge on any atom is 0.204 e. The minimum Gasteiger partial charge on any atom is -0.370 e. The molecule has 7 nitrogen and oxygen atoms in total. The second-order valence-corrected chi connectivity index (χ2v) is 4.97. The van der Waals surface area contributed by atoms with E-state index in [0.29, 0.717) is 18.6 Å². The average Bonchev–Trinajstić information content (AvgIpc) is 2.70. The molecule has 0 saturated carbocycles. The molecule has 5 N–H and O–H groups in total. The number of rotatable bonds is 1. The van der Waals surface area contributed by atoms with Gasteiger partial charge in [0.2, 0.25) is 5.96 Å². The summed E-state index contributed by atoms with van der Waals surface area (Å²) in [6.45, 7) is 4.48. The number of hydrogen-bond donors (Lipinski definition) is 4. The highest BCUT2D eigenvalue weighted by atomic mass is 16.5. The number of aliphatic imine (C=N–C) groups is 2. The van der Waals surface area contributed by atoms with Gasteiger partial charge in [-0.15, -0.1) is 0 Å². The lowest BCUT2D eigenvalue weighted by atomic mass is 9.92. The topological polar surface area (TPSA) is 96.1 Å². The Morgan fingerprint density at radius 1 is 1.53 bits per heavy atom. The molecule has 3 rings (SSSR count). The monoisotopic (exact) mass is 262 g/mol. The molecule has 0 amide bonds. The predicted molar refractivity (Wildman–Crippen MR) is 73.1 cm³/mol. The number of fused-ring (bicyclic) bond motifs is 1. The smallest absolute Gasteiger partial charge is 0.204 e. The van der Waals surface area contributed by atoms with E-state index >= 15 is 0 Å². The van der Waals surface area contributed by atoms with E-state index in [1.807, 2.05) is 13.0 Å². The Morgan fingerprint density at radius 2 is 2.37 bits per heavy atom. The third-order valence-corrected chi connectivity index (χ3v) is 3.37. The molecule has 7 heteroatoms. The molecule has 0 bridgehead atoms. The van der Waals surface area contributed by atoms with Crippen LogP contribution in [0.2, 0.25) is 0 Å². The Balaban J connectivity index is 1.84. The average molecular weight is 262 g/mol. The van der Waals surface area contributed by atoms with Crippen LogP contribution in [0.3, 0.4) is 0 Å². The molecule has 2 unspecified atom stereocenters. The first-order valence-electron chi connectivity index (χ1n) is 6.31. The van der Waals surface area contributed by atoms with Gasteiger partial charge in [-0.2, -0.15) is 0 Å². The lowest BCUT2D eigenvalue weighted by Gasteiger charge is -2.28. The molecule has 2 aliphatic heterocycles. The number of nitrogens with one attached hydrogen (secondary N) is 3. The van der Waals surface area contributed by atoms with Crippen molar-refractivity contribution in [1.29, 1.82) is 0 Å². The molecular formula is C12H18N6O. The van der Waals surface area contributed by atoms with E-state index in [4.69, 9.17) is 10.5 Å². The lowest BCUT2D eigenvalue weighted by Crippen LogP contribution is -2.48. The first kappa shape index (κ1) is 12.0. The van der Waals surface area contributed by atoms with E-state index in [-0.39, 0.29) is 11.8 Å². The largest absolute Gasteiger partial charge is 0.370 e. The van der Waals surface area contributed by atoms with Gasteiger partial charge in [0, 0.05) is 6.42 Å². The number of hydrogen-bond acceptors (Lipinski definition) is 7. The molecule has 3 aliphatic rings. The Bertz CT molecular complexity index is 520. The molecule has 2 heterocycles. The van der Waals surface area contributed by atoms with E-state index in [2.05, 4.69) is 38.9 Å². The van der Waals surface area contributed by atoms with Crippen LogP contribution in [0.5, 0.6) is 0 Å². The van der Waals surface area contributed by atoms with Crippen LogP contribution < -0.4 is 21.7 Å². The lowest BCUT2D eigenvalue weighted by molar-refractivity contribution is 0.0387. The summed E-state index contributed by atoms with van der Waals surface area (Å²) in [5.41, 5.74) is 7.41. The zero-order chi connectivity index (χ0) is 13.5. The second-order valence-electron chi connectivity index (χ2n) is 4.97. The van der Waals surface area contributed by atoms with Crippen LogP contribution in [0.25, 0.3) is 0 Å². The molecule has 1 aliphatic carbocycles. The Kier molecular flexibility index (Phi) is 2.70. The molecule has 0 aromatic carbocycles. The van der Waals surface area contributed by atoms with Gasteiger partial charge in [-0.25, -0.2) is 9.98 Å². The van der Waals surface area contributed by atoms with Gasteiger partial charge in [0.25, 0.3) is 0 Å². The Labute approximate surface area is 111 Å². The molecule has 0 spiro atoms. The number of nitrogens with zero attached hydrogens (tertiary/aromatic N) is 2. The normalized spacial score (nSPS) is 33.1. The standard InChI is InChI=1S/C12H18N6O/c1-7-15-10(13)18-11(16-7)17-8-4-3-5-12(2)9(8)14-6-19-12/h3-4,7,14H,5-6H2,1-2H3,(H4,13,15,16,17,18). The zero-order valence-electron chi connectivity index (χ0n) is 11.0. The first-order valence-corrected chi connectivity index (χ1v) is 6.31. The molecular weight excluding hydrogens is 244 g/mol. The van der Waals surface area contributed by atoms with Crippen molar-refractivity contribution < 1.29 is 4.74 Å². The van der Waals surface area contributed by atoms with E-state index < -0.39 is 0 Å². The molecule has 0 radical (unpaired) electrons. The summed E-state index contributed by atoms with van der Waals surface area (Å²) in [5, 5.41) is 9.42. The fourth-order valence-electron chi connectivity index (χ4n) is 2.45. The summed E-state index contributed by atoms with van der Waals surface area (Å²) in [6.07, 6.45) is 4.79. The van der Waals surface area contributed by atoms with Crippen molar-refractivity contribution in [2.24, 2.45) is 15.7 Å². The van der Waals surface area contributed by atoms with Gasteiger partial charge in [0.05, 0.1) is 11.4 Å². The van der Waals surface area contributed by atoms with Gasteiger partial charge in [-0.05, 0) is 19.9 Å². The van der Waals surface area contributed by atoms with Crippen LogP contribution in [-0.4, -0.2) is 30.4 Å². The van der Waals surface area contributed by atoms with E-state index in [0.717, 1.165) is 17.8 Å². The van der Waals surface area contributed by atoms with Gasteiger partial charge >= 0.3 is 0 Å². The van der Waals surface area contributed by atoms with Crippen LogP contribution in [0, 0.1) is 0 Å². The van der Waals surface area contributed by atoms with Crippen molar-refractivity contribution in [3.63, 3.8) is 0 Å². The maximum absolute atomic E-state index is 5.74. The van der Waals surface area contributed by atoms with E-state index in [1.54, 1.807) is 0 Å². The fourth-order valence-corrected chi connectivity index (χ4v) is 2.45. The molecule has 0 aromatic heterocycles. The van der Waals surface area contributed by atoms with Crippen LogP contribution in [-0.2, 0) is 4.74 Å². The highest BCUT2D eigenvalue weighted by Crippen LogP contribution is 2.33. The van der Waals surface area contributed by atoms with Crippen molar-refractivity contribution in [2.45, 2.75) is 32.0 Å². The highest BCUT2D eigenvalue weighted by Gasteiger charge is 2.38. The number of nitrogens with two attached hydrogens (primary N) is 1. The van der Waals surface area contributed by atoms with Crippen molar-refractivity contribution in [3.05, 3.63) is 23.5 Å². The summed E-state index contributed by atoms with van der Waals surface area (Å²) >= 11 is 0. The molecule has 102 valence electrons. The van der Waals surface area contributed by atoms with Crippen molar-refractivity contribution >= 4 is 11.9 Å². The molecule has 19 heavy (non-hydrogen) atoms. The summed E-state index contributed by atoms with van der Waals surface area (Å²) < 4.78 is 5.74. The van der Waals surface area contributed by atoms with Gasteiger partial charge in [0.1, 0.15) is 18.5 Å². The zero-order valence-corrected chi connectivity index (χ0v) is 11.0. The van der Waals surface area contributed by atoms with Gasteiger partial charge in [-0.3, -0.25) is 5.32 Å². The van der Waals surface area contributed by atoms with Crippen LogP contribution >= 0.6 is 0 Å². The number of allylic oxidation sites excluding steroid dienone is 1. The first-order chi connectivity index (χ1) is 9.07. The van der Waals surface area contributed by atoms with Gasteiger partial charge in [-0.1, -0.05) is 6.08 Å². The molecule has 1 fully saturated rings. The fraction of sp³-hybridized carbons (Fsp3) is 0.500. The highest BCUT2D eigenvalue weighted by molar-refractivity contribution is 6.00. The maximum atomic E-state index is 5.74. The van der Waals surface area contributed by atoms with Gasteiger partial charge < -0.3 is 21.1 Å². The van der Waals surface area contributed by atoms with E-state index in [1.165, 1.54) is 0 Å². The summed E-state index contributed by atoms with van der Waals surface area (Å²) in [7, 11) is 0.